The van der Waals surface area contributed by atoms with Crippen LogP contribution in [0, 0.1) is 25.1 Å². The molecule has 2 N–H and O–H groups in total. The lowest BCUT2D eigenvalue weighted by Gasteiger charge is -2.38. The van der Waals surface area contributed by atoms with Crippen LogP contribution in [0.15, 0.2) is 29.5 Å². The number of Topliss-reactive ketones (excluding diaryl/α,β-unsaturated/α-hetero) is 1. The molecule has 4 rings (SSSR count). The summed E-state index contributed by atoms with van der Waals surface area (Å²) in [6, 6.07) is 5.10. The number of halogens is 1. The minimum absolute atomic E-state index is 0.0900. The molecule has 0 radical (unpaired) electrons. The minimum atomic E-state index is -0.274. The quantitative estimate of drug-likeness (QED) is 0.811. The lowest BCUT2D eigenvalue weighted by molar-refractivity contribution is -0.118. The van der Waals surface area contributed by atoms with Gasteiger partial charge in [-0.15, -0.1) is 0 Å². The standard InChI is InChI=1S/C20H22FN3O/c1-10-12(6-5-7-13(10)21)17-16-11(2)23-24-19(16)22-14-8-20(3,4)9-15(25)18(14)17/h5-7,17H,8-9H2,1-4H3,(H2,22,23,24). The molecule has 0 fully saturated rings. The number of aromatic amines is 1. The second kappa shape index (κ2) is 5.28. The highest BCUT2D eigenvalue weighted by molar-refractivity contribution is 6.01. The Morgan fingerprint density at radius 2 is 2.00 bits per heavy atom. The summed E-state index contributed by atoms with van der Waals surface area (Å²) in [6.45, 7) is 7.92. The Morgan fingerprint density at radius 1 is 1.24 bits per heavy atom. The molecule has 2 aliphatic rings. The highest BCUT2D eigenvalue weighted by Gasteiger charge is 2.42. The van der Waals surface area contributed by atoms with E-state index in [9.17, 15) is 9.18 Å². The molecular weight excluding hydrogens is 317 g/mol. The van der Waals surface area contributed by atoms with Crippen LogP contribution >= 0.6 is 0 Å². The number of hydrogen-bond acceptors (Lipinski definition) is 3. The third-order valence-corrected chi connectivity index (χ3v) is 5.38. The second-order valence-corrected chi connectivity index (χ2v) is 7.96. The molecule has 1 aliphatic heterocycles. The molecule has 1 atom stereocenters. The van der Waals surface area contributed by atoms with Crippen molar-refractivity contribution in [2.45, 2.75) is 46.5 Å². The maximum Gasteiger partial charge on any atom is 0.162 e. The van der Waals surface area contributed by atoms with Crippen LogP contribution in [0.1, 0.15) is 55.0 Å². The number of carbonyl (C=O) groups is 1. The second-order valence-electron chi connectivity index (χ2n) is 7.96. The van der Waals surface area contributed by atoms with E-state index in [0.29, 0.717) is 12.0 Å². The predicted molar refractivity (Wildman–Crippen MR) is 95.0 cm³/mol. The third kappa shape index (κ3) is 2.41. The number of allylic oxidation sites excluding steroid dienone is 2. The summed E-state index contributed by atoms with van der Waals surface area (Å²) >= 11 is 0. The SMILES string of the molecule is Cc1[nH]nc2c1C(c1cccc(F)c1C)C1=C(CC(C)(C)CC1=O)N2. The van der Waals surface area contributed by atoms with E-state index >= 15 is 0 Å². The van der Waals surface area contributed by atoms with Crippen molar-refractivity contribution >= 4 is 11.6 Å². The smallest absolute Gasteiger partial charge is 0.162 e. The number of nitrogens with one attached hydrogen (secondary N) is 2. The summed E-state index contributed by atoms with van der Waals surface area (Å²) < 4.78 is 14.2. The average molecular weight is 339 g/mol. The summed E-state index contributed by atoms with van der Waals surface area (Å²) in [5.74, 6) is 0.364. The van der Waals surface area contributed by atoms with Gasteiger partial charge < -0.3 is 5.32 Å². The van der Waals surface area contributed by atoms with Crippen LogP contribution in [-0.2, 0) is 4.79 Å². The molecule has 2 aromatic rings. The van der Waals surface area contributed by atoms with Gasteiger partial charge in [-0.25, -0.2) is 4.39 Å². The van der Waals surface area contributed by atoms with Crippen molar-refractivity contribution in [1.29, 1.82) is 0 Å². The van der Waals surface area contributed by atoms with Gasteiger partial charge in [0.2, 0.25) is 0 Å². The maximum atomic E-state index is 14.2. The molecule has 1 unspecified atom stereocenters. The lowest BCUT2D eigenvalue weighted by atomic mass is 9.68. The number of hydrogen-bond donors (Lipinski definition) is 2. The Kier molecular flexibility index (Phi) is 3.39. The van der Waals surface area contributed by atoms with E-state index in [0.717, 1.165) is 40.3 Å². The fourth-order valence-electron chi connectivity index (χ4n) is 4.20. The first-order valence-corrected chi connectivity index (χ1v) is 8.61. The predicted octanol–water partition coefficient (Wildman–Crippen LogP) is 4.37. The molecule has 5 heteroatoms. The molecule has 0 bridgehead atoms. The summed E-state index contributed by atoms with van der Waals surface area (Å²) in [6.07, 6.45) is 1.29. The number of rotatable bonds is 1. The van der Waals surface area contributed by atoms with Crippen LogP contribution in [0.25, 0.3) is 0 Å². The first-order valence-electron chi connectivity index (χ1n) is 8.61. The number of ketones is 1. The monoisotopic (exact) mass is 339 g/mol. The van der Waals surface area contributed by atoms with Crippen LogP contribution < -0.4 is 5.32 Å². The highest BCUT2D eigenvalue weighted by Crippen LogP contribution is 2.49. The van der Waals surface area contributed by atoms with Crippen molar-refractivity contribution in [2.24, 2.45) is 5.41 Å². The number of nitrogens with zero attached hydrogens (tertiary/aromatic N) is 1. The van der Waals surface area contributed by atoms with E-state index in [2.05, 4.69) is 29.4 Å². The average Bonchev–Trinajstić information content (AvgIpc) is 2.88. The van der Waals surface area contributed by atoms with Crippen molar-refractivity contribution in [3.8, 4) is 0 Å². The zero-order chi connectivity index (χ0) is 17.9. The maximum absolute atomic E-state index is 14.2. The Balaban J connectivity index is 1.98. The van der Waals surface area contributed by atoms with E-state index in [-0.39, 0.29) is 22.9 Å². The Bertz CT molecular complexity index is 923. The summed E-state index contributed by atoms with van der Waals surface area (Å²) in [5, 5.41) is 10.7. The molecule has 0 saturated heterocycles. The number of benzene rings is 1. The molecular formula is C20H22FN3O. The number of anilines is 1. The first-order chi connectivity index (χ1) is 11.8. The third-order valence-electron chi connectivity index (χ3n) is 5.38. The van der Waals surface area contributed by atoms with Crippen LogP contribution in [0.4, 0.5) is 10.2 Å². The van der Waals surface area contributed by atoms with Gasteiger partial charge in [-0.2, -0.15) is 5.10 Å². The number of carbonyl (C=O) groups excluding carboxylic acids is 1. The molecule has 1 aromatic heterocycles. The number of aromatic nitrogens is 2. The molecule has 130 valence electrons. The van der Waals surface area contributed by atoms with E-state index < -0.39 is 0 Å². The number of aryl methyl sites for hydroxylation is 1. The summed E-state index contributed by atoms with van der Waals surface area (Å²) in [7, 11) is 0. The van der Waals surface area contributed by atoms with Gasteiger partial charge in [-0.3, -0.25) is 9.89 Å². The van der Waals surface area contributed by atoms with Gasteiger partial charge in [0.25, 0.3) is 0 Å². The molecule has 0 amide bonds. The molecule has 2 heterocycles. The van der Waals surface area contributed by atoms with Crippen molar-refractivity contribution in [2.75, 3.05) is 5.32 Å². The molecule has 1 aliphatic carbocycles. The molecule has 0 saturated carbocycles. The molecule has 0 spiro atoms. The van der Waals surface area contributed by atoms with Crippen LogP contribution in [0.3, 0.4) is 0 Å². The van der Waals surface area contributed by atoms with Crippen LogP contribution in [0.5, 0.6) is 0 Å². The fourth-order valence-corrected chi connectivity index (χ4v) is 4.20. The first kappa shape index (κ1) is 16.1. The normalized spacial score (nSPS) is 21.6. The van der Waals surface area contributed by atoms with Gasteiger partial charge in [-0.1, -0.05) is 26.0 Å². The van der Waals surface area contributed by atoms with Crippen molar-refractivity contribution in [3.05, 3.63) is 57.7 Å². The van der Waals surface area contributed by atoms with Gasteiger partial charge in [0.15, 0.2) is 11.6 Å². The lowest BCUT2D eigenvalue weighted by Crippen LogP contribution is -2.34. The number of H-pyrrole nitrogens is 1. The van der Waals surface area contributed by atoms with E-state index in [1.165, 1.54) is 6.07 Å². The summed E-state index contributed by atoms with van der Waals surface area (Å²) in [5.41, 5.74) is 4.88. The van der Waals surface area contributed by atoms with E-state index in [1.54, 1.807) is 13.0 Å². The van der Waals surface area contributed by atoms with E-state index in [1.807, 2.05) is 13.0 Å². The zero-order valence-corrected chi connectivity index (χ0v) is 15.0. The summed E-state index contributed by atoms with van der Waals surface area (Å²) in [4.78, 5) is 13.0. The van der Waals surface area contributed by atoms with Gasteiger partial charge >= 0.3 is 0 Å². The largest absolute Gasteiger partial charge is 0.342 e. The zero-order valence-electron chi connectivity index (χ0n) is 15.0. The molecule has 4 nitrogen and oxygen atoms in total. The van der Waals surface area contributed by atoms with Crippen molar-refractivity contribution in [3.63, 3.8) is 0 Å². The van der Waals surface area contributed by atoms with E-state index in [4.69, 9.17) is 0 Å². The van der Waals surface area contributed by atoms with Crippen LogP contribution in [0.2, 0.25) is 0 Å². The molecule has 1 aromatic carbocycles. The Labute approximate surface area is 146 Å². The Hall–Kier alpha value is -2.43. The topological polar surface area (TPSA) is 57.8 Å². The van der Waals surface area contributed by atoms with Gasteiger partial charge in [-0.05, 0) is 42.9 Å². The molecule has 25 heavy (non-hydrogen) atoms. The number of fused-ring (bicyclic) bond motifs is 1. The fraction of sp³-hybridized carbons (Fsp3) is 0.400. The van der Waals surface area contributed by atoms with Gasteiger partial charge in [0.05, 0.1) is 0 Å². The minimum Gasteiger partial charge on any atom is -0.342 e. The highest BCUT2D eigenvalue weighted by atomic mass is 19.1. The van der Waals surface area contributed by atoms with Crippen LogP contribution in [-0.4, -0.2) is 16.0 Å². The Morgan fingerprint density at radius 3 is 2.76 bits per heavy atom. The van der Waals surface area contributed by atoms with Crippen molar-refractivity contribution in [1.82, 2.24) is 10.2 Å². The van der Waals surface area contributed by atoms with Crippen molar-refractivity contribution < 1.29 is 9.18 Å². The van der Waals surface area contributed by atoms with Gasteiger partial charge in [0.1, 0.15) is 5.82 Å². The van der Waals surface area contributed by atoms with Gasteiger partial charge in [0, 0.05) is 34.9 Å².